The highest BCUT2D eigenvalue weighted by Gasteiger charge is 2.20. The summed E-state index contributed by atoms with van der Waals surface area (Å²) in [5.41, 5.74) is 0.939. The Morgan fingerprint density at radius 1 is 1.50 bits per heavy atom. The van der Waals surface area contributed by atoms with Crippen molar-refractivity contribution in [1.82, 2.24) is 5.32 Å². The number of amides is 1. The van der Waals surface area contributed by atoms with Crippen LogP contribution in [0.15, 0.2) is 30.9 Å². The fourth-order valence-corrected chi connectivity index (χ4v) is 1.86. The summed E-state index contributed by atoms with van der Waals surface area (Å²) in [6.07, 6.45) is 1.66. The van der Waals surface area contributed by atoms with Gasteiger partial charge < -0.3 is 10.1 Å². The number of ether oxygens (including phenoxy) is 1. The van der Waals surface area contributed by atoms with E-state index in [1.165, 1.54) is 12.1 Å². The molecule has 1 amide bonds. The van der Waals surface area contributed by atoms with E-state index < -0.39 is 11.7 Å². The third kappa shape index (κ3) is 5.47. The highest BCUT2D eigenvalue weighted by atomic mass is 19.1. The molecule has 1 aromatic carbocycles. The monoisotopic (exact) mass is 277 g/mol. The maximum atomic E-state index is 13.5. The Kier molecular flexibility index (Phi) is 5.37. The molecule has 0 fully saturated rings. The van der Waals surface area contributed by atoms with Crippen LogP contribution in [0.5, 0.6) is 0 Å². The van der Waals surface area contributed by atoms with E-state index in [1.807, 2.05) is 13.9 Å². The molecule has 0 aromatic heterocycles. The molecule has 0 unspecified atom stereocenters. The number of alkyl carbamates (subject to hydrolysis) is 1. The highest BCUT2D eigenvalue weighted by Crippen LogP contribution is 2.18. The molecule has 3 nitrogen and oxygen atoms in total. The van der Waals surface area contributed by atoms with Crippen LogP contribution in [0.4, 0.5) is 9.18 Å². The van der Waals surface area contributed by atoms with Crippen LogP contribution >= 0.6 is 0 Å². The van der Waals surface area contributed by atoms with Gasteiger partial charge in [-0.2, -0.15) is 0 Å². The number of hydrogen-bond donors (Lipinski definition) is 1. The van der Waals surface area contributed by atoms with Crippen molar-refractivity contribution in [2.75, 3.05) is 0 Å². The number of carbonyl (C=O) groups excluding carboxylic acids is 1. The average Bonchev–Trinajstić information content (AvgIpc) is 2.24. The van der Waals surface area contributed by atoms with Crippen molar-refractivity contribution < 1.29 is 13.9 Å². The molecule has 0 saturated carbocycles. The van der Waals surface area contributed by atoms with Crippen molar-refractivity contribution in [3.8, 4) is 0 Å². The summed E-state index contributed by atoms with van der Waals surface area (Å²) in [6.45, 7) is 9.05. The molecule has 0 heterocycles. The van der Waals surface area contributed by atoms with Gasteiger partial charge in [0.2, 0.25) is 0 Å². The SMILES string of the molecule is Bc1cc(F)cc([C@H](CC=C)NC(=O)OC(C)(C)C)c1. The van der Waals surface area contributed by atoms with E-state index in [0.29, 0.717) is 12.0 Å². The van der Waals surface area contributed by atoms with E-state index >= 15 is 0 Å². The normalized spacial score (nSPS) is 12.6. The number of halogens is 1. The Morgan fingerprint density at radius 2 is 2.15 bits per heavy atom. The lowest BCUT2D eigenvalue weighted by Crippen LogP contribution is -2.35. The van der Waals surface area contributed by atoms with Crippen LogP contribution in [0.3, 0.4) is 0 Å². The van der Waals surface area contributed by atoms with Gasteiger partial charge in [0.25, 0.3) is 0 Å². The number of nitrogens with one attached hydrogen (secondary N) is 1. The molecule has 0 aliphatic carbocycles. The van der Waals surface area contributed by atoms with Crippen LogP contribution in [0, 0.1) is 5.82 Å². The first-order chi connectivity index (χ1) is 9.21. The second kappa shape index (κ2) is 6.59. The lowest BCUT2D eigenvalue weighted by Gasteiger charge is -2.23. The summed E-state index contributed by atoms with van der Waals surface area (Å²) in [7, 11) is 1.81. The maximum absolute atomic E-state index is 13.5. The van der Waals surface area contributed by atoms with Crippen molar-refractivity contribution >= 4 is 19.4 Å². The lowest BCUT2D eigenvalue weighted by molar-refractivity contribution is 0.0504. The third-order valence-corrected chi connectivity index (χ3v) is 2.56. The van der Waals surface area contributed by atoms with Gasteiger partial charge in [0.15, 0.2) is 0 Å². The molecule has 0 aliphatic rings. The summed E-state index contributed by atoms with van der Waals surface area (Å²) in [5, 5.41) is 2.75. The predicted molar refractivity (Wildman–Crippen MR) is 81.5 cm³/mol. The summed E-state index contributed by atoms with van der Waals surface area (Å²) < 4.78 is 18.7. The first kappa shape index (κ1) is 16.3. The average molecular weight is 277 g/mol. The number of hydrogen-bond acceptors (Lipinski definition) is 2. The molecular formula is C15H21BFNO2. The van der Waals surface area contributed by atoms with E-state index in [2.05, 4.69) is 11.9 Å². The summed E-state index contributed by atoms with van der Waals surface area (Å²) in [6, 6.07) is 4.35. The van der Waals surface area contributed by atoms with Crippen LogP contribution in [0.2, 0.25) is 0 Å². The molecule has 1 atom stereocenters. The zero-order valence-electron chi connectivity index (χ0n) is 12.5. The summed E-state index contributed by atoms with van der Waals surface area (Å²) in [5.74, 6) is -0.319. The quantitative estimate of drug-likeness (QED) is 0.677. The Labute approximate surface area is 120 Å². The summed E-state index contributed by atoms with van der Waals surface area (Å²) in [4.78, 5) is 11.8. The van der Waals surface area contributed by atoms with Crippen molar-refractivity contribution in [2.45, 2.75) is 38.8 Å². The minimum absolute atomic E-state index is 0.319. The van der Waals surface area contributed by atoms with E-state index in [9.17, 15) is 9.18 Å². The van der Waals surface area contributed by atoms with Gasteiger partial charge in [-0.05, 0) is 44.9 Å². The minimum Gasteiger partial charge on any atom is -0.444 e. The predicted octanol–water partition coefficient (Wildman–Crippen LogP) is 2.23. The number of rotatable bonds is 4. The zero-order chi connectivity index (χ0) is 15.3. The minimum atomic E-state index is -0.569. The fraction of sp³-hybridized carbons (Fsp3) is 0.400. The molecule has 0 bridgehead atoms. The van der Waals surface area contributed by atoms with E-state index in [0.717, 1.165) is 5.46 Å². The van der Waals surface area contributed by atoms with Gasteiger partial charge in [-0.3, -0.25) is 0 Å². The van der Waals surface area contributed by atoms with Gasteiger partial charge in [0.1, 0.15) is 19.3 Å². The van der Waals surface area contributed by atoms with Crippen LogP contribution in [-0.4, -0.2) is 19.5 Å². The van der Waals surface area contributed by atoms with Gasteiger partial charge in [-0.25, -0.2) is 9.18 Å². The maximum Gasteiger partial charge on any atom is 0.408 e. The van der Waals surface area contributed by atoms with Crippen molar-refractivity contribution in [2.24, 2.45) is 0 Å². The molecule has 5 heteroatoms. The summed E-state index contributed by atoms with van der Waals surface area (Å²) >= 11 is 0. The Balaban J connectivity index is 2.88. The van der Waals surface area contributed by atoms with Crippen LogP contribution < -0.4 is 10.8 Å². The van der Waals surface area contributed by atoms with Gasteiger partial charge in [-0.15, -0.1) is 6.58 Å². The largest absolute Gasteiger partial charge is 0.444 e. The molecule has 108 valence electrons. The van der Waals surface area contributed by atoms with Crippen LogP contribution in [0.25, 0.3) is 0 Å². The number of benzene rings is 1. The van der Waals surface area contributed by atoms with E-state index in [4.69, 9.17) is 4.74 Å². The zero-order valence-corrected chi connectivity index (χ0v) is 12.5. The van der Waals surface area contributed by atoms with Crippen LogP contribution in [0.1, 0.15) is 38.8 Å². The van der Waals surface area contributed by atoms with E-state index in [-0.39, 0.29) is 11.9 Å². The second-order valence-corrected chi connectivity index (χ2v) is 5.79. The molecule has 1 rings (SSSR count). The molecule has 0 radical (unpaired) electrons. The highest BCUT2D eigenvalue weighted by molar-refractivity contribution is 6.32. The van der Waals surface area contributed by atoms with Gasteiger partial charge >= 0.3 is 6.09 Å². The molecule has 20 heavy (non-hydrogen) atoms. The second-order valence-electron chi connectivity index (χ2n) is 5.79. The van der Waals surface area contributed by atoms with Crippen LogP contribution in [-0.2, 0) is 4.74 Å². The van der Waals surface area contributed by atoms with Gasteiger partial charge in [0.05, 0.1) is 6.04 Å². The standard InChI is InChI=1S/C15H21BFNO2/c1-5-6-13(18-14(19)20-15(2,3)4)10-7-11(16)9-12(17)8-10/h5,7-9,13H,1,6,16H2,2-4H3,(H,18,19)/t13-/m0/s1. The number of carbonyl (C=O) groups is 1. The first-order valence-electron chi connectivity index (χ1n) is 6.59. The van der Waals surface area contributed by atoms with E-state index in [1.54, 1.807) is 26.8 Å². The lowest BCUT2D eigenvalue weighted by atomic mass is 9.91. The topological polar surface area (TPSA) is 38.3 Å². The smallest absolute Gasteiger partial charge is 0.408 e. The Bertz CT molecular complexity index is 477. The van der Waals surface area contributed by atoms with Crippen molar-refractivity contribution in [1.29, 1.82) is 0 Å². The Morgan fingerprint density at radius 3 is 2.65 bits per heavy atom. The fourth-order valence-electron chi connectivity index (χ4n) is 1.86. The van der Waals surface area contributed by atoms with Crippen molar-refractivity contribution in [3.05, 3.63) is 42.2 Å². The molecular weight excluding hydrogens is 256 g/mol. The van der Waals surface area contributed by atoms with Crippen molar-refractivity contribution in [3.63, 3.8) is 0 Å². The van der Waals surface area contributed by atoms with Gasteiger partial charge in [0, 0.05) is 0 Å². The molecule has 0 spiro atoms. The first-order valence-corrected chi connectivity index (χ1v) is 6.59. The molecule has 0 saturated heterocycles. The van der Waals surface area contributed by atoms with Gasteiger partial charge in [-0.1, -0.05) is 17.6 Å². The molecule has 1 N–H and O–H groups in total. The molecule has 1 aromatic rings. The third-order valence-electron chi connectivity index (χ3n) is 2.56. The Hall–Kier alpha value is -1.78. The molecule has 0 aliphatic heterocycles.